The quantitative estimate of drug-likeness (QED) is 0.892. The summed E-state index contributed by atoms with van der Waals surface area (Å²) in [5, 5.41) is 10.0. The molecule has 1 heterocycles. The average Bonchev–Trinajstić information content (AvgIpc) is 2.37. The summed E-state index contributed by atoms with van der Waals surface area (Å²) in [6.45, 7) is 4.71. The fraction of sp³-hybridized carbons (Fsp3) is 0.533. The molecular weight excluding hydrogens is 226 g/mol. The highest BCUT2D eigenvalue weighted by Gasteiger charge is 2.28. The van der Waals surface area contributed by atoms with Crippen LogP contribution in [0.3, 0.4) is 0 Å². The minimum atomic E-state index is -0.435. The van der Waals surface area contributed by atoms with Crippen LogP contribution in [0.25, 0.3) is 0 Å². The van der Waals surface area contributed by atoms with Crippen molar-refractivity contribution < 1.29 is 9.90 Å². The van der Waals surface area contributed by atoms with Gasteiger partial charge in [0.1, 0.15) is 0 Å². The van der Waals surface area contributed by atoms with Crippen LogP contribution >= 0.6 is 0 Å². The van der Waals surface area contributed by atoms with Crippen LogP contribution in [-0.2, 0) is 4.79 Å². The predicted molar refractivity (Wildman–Crippen MR) is 72.6 cm³/mol. The number of anilines is 1. The van der Waals surface area contributed by atoms with Gasteiger partial charge in [0.15, 0.2) is 0 Å². The summed E-state index contributed by atoms with van der Waals surface area (Å²) in [6.07, 6.45) is 2.76. The first-order chi connectivity index (χ1) is 8.65. The Morgan fingerprint density at radius 3 is 3.00 bits per heavy atom. The maximum absolute atomic E-state index is 12.2. The fourth-order valence-electron chi connectivity index (χ4n) is 2.55. The Hall–Kier alpha value is -1.35. The van der Waals surface area contributed by atoms with E-state index >= 15 is 0 Å². The summed E-state index contributed by atoms with van der Waals surface area (Å²) in [5.41, 5.74) is 2.89. The number of carbonyl (C=O) groups excluding carboxylic acids is 1. The number of rotatable bonds is 3. The van der Waals surface area contributed by atoms with Gasteiger partial charge in [-0.1, -0.05) is 31.5 Å². The van der Waals surface area contributed by atoms with E-state index in [4.69, 9.17) is 0 Å². The molecule has 1 unspecified atom stereocenters. The highest BCUT2D eigenvalue weighted by atomic mass is 16.3. The van der Waals surface area contributed by atoms with Gasteiger partial charge in [0.25, 0.3) is 0 Å². The molecule has 0 spiro atoms. The topological polar surface area (TPSA) is 40.5 Å². The largest absolute Gasteiger partial charge is 0.388 e. The zero-order valence-corrected chi connectivity index (χ0v) is 11.1. The van der Waals surface area contributed by atoms with Crippen molar-refractivity contribution in [3.05, 3.63) is 29.3 Å². The van der Waals surface area contributed by atoms with Gasteiger partial charge in [0.05, 0.1) is 11.8 Å². The summed E-state index contributed by atoms with van der Waals surface area (Å²) >= 11 is 0. The zero-order chi connectivity index (χ0) is 13.1. The minimum absolute atomic E-state index is 0.180. The van der Waals surface area contributed by atoms with E-state index in [9.17, 15) is 9.90 Å². The molecule has 98 valence electrons. The molecule has 3 nitrogen and oxygen atoms in total. The van der Waals surface area contributed by atoms with E-state index < -0.39 is 6.10 Å². The van der Waals surface area contributed by atoms with E-state index in [1.54, 1.807) is 0 Å². The molecule has 1 atom stereocenters. The Bertz CT molecular complexity index is 442. The first-order valence-electron chi connectivity index (χ1n) is 6.73. The third-order valence-corrected chi connectivity index (χ3v) is 3.57. The third kappa shape index (κ3) is 2.41. The van der Waals surface area contributed by atoms with Crippen LogP contribution in [0.15, 0.2) is 18.2 Å². The second kappa shape index (κ2) is 5.53. The fourth-order valence-corrected chi connectivity index (χ4v) is 2.55. The molecule has 0 aromatic heterocycles. The van der Waals surface area contributed by atoms with Gasteiger partial charge in [-0.2, -0.15) is 0 Å². The lowest BCUT2D eigenvalue weighted by atomic mass is 9.95. The summed E-state index contributed by atoms with van der Waals surface area (Å²) < 4.78 is 0. The van der Waals surface area contributed by atoms with E-state index in [-0.39, 0.29) is 5.91 Å². The molecule has 18 heavy (non-hydrogen) atoms. The second-order valence-electron chi connectivity index (χ2n) is 4.97. The Balaban J connectivity index is 2.31. The average molecular weight is 247 g/mol. The number of aliphatic hydroxyl groups is 1. The number of unbranched alkanes of at least 4 members (excludes halogenated alkanes) is 1. The number of carbonyl (C=O) groups is 1. The number of hydrogen-bond donors (Lipinski definition) is 1. The third-order valence-electron chi connectivity index (χ3n) is 3.57. The maximum Gasteiger partial charge on any atom is 0.226 e. The van der Waals surface area contributed by atoms with Crippen LogP contribution in [0.1, 0.15) is 49.8 Å². The van der Waals surface area contributed by atoms with E-state index in [1.807, 2.05) is 30.0 Å². The highest BCUT2D eigenvalue weighted by Crippen LogP contribution is 2.36. The molecular formula is C15H21NO2. The molecule has 1 aromatic rings. The van der Waals surface area contributed by atoms with Crippen LogP contribution in [0, 0.1) is 6.92 Å². The lowest BCUT2D eigenvalue weighted by Gasteiger charge is -2.33. The van der Waals surface area contributed by atoms with Gasteiger partial charge < -0.3 is 10.0 Å². The van der Waals surface area contributed by atoms with E-state index in [0.29, 0.717) is 19.4 Å². The number of nitrogens with zero attached hydrogens (tertiary/aromatic N) is 1. The number of benzene rings is 1. The number of hydrogen-bond acceptors (Lipinski definition) is 2. The normalized spacial score (nSPS) is 18.6. The molecule has 2 rings (SSSR count). The highest BCUT2D eigenvalue weighted by molar-refractivity contribution is 5.95. The summed E-state index contributed by atoms with van der Waals surface area (Å²) in [7, 11) is 0. The number of fused-ring (bicyclic) bond motifs is 1. The van der Waals surface area contributed by atoms with Crippen LogP contribution in [0.5, 0.6) is 0 Å². The van der Waals surface area contributed by atoms with Gasteiger partial charge in [0.2, 0.25) is 5.91 Å². The first kappa shape index (κ1) is 13.1. The molecule has 3 heteroatoms. The first-order valence-corrected chi connectivity index (χ1v) is 6.73. The lowest BCUT2D eigenvalue weighted by molar-refractivity contribution is -0.118. The van der Waals surface area contributed by atoms with Crippen molar-refractivity contribution in [2.24, 2.45) is 0 Å². The van der Waals surface area contributed by atoms with Gasteiger partial charge >= 0.3 is 0 Å². The van der Waals surface area contributed by atoms with Crippen molar-refractivity contribution in [3.63, 3.8) is 0 Å². The van der Waals surface area contributed by atoms with Crippen molar-refractivity contribution in [1.82, 2.24) is 0 Å². The molecule has 0 aliphatic carbocycles. The minimum Gasteiger partial charge on any atom is -0.388 e. The van der Waals surface area contributed by atoms with Crippen LogP contribution in [0.4, 0.5) is 5.69 Å². The summed E-state index contributed by atoms with van der Waals surface area (Å²) in [6, 6.07) is 5.86. The van der Waals surface area contributed by atoms with E-state index in [2.05, 4.69) is 6.92 Å². The molecule has 0 bridgehead atoms. The van der Waals surface area contributed by atoms with Crippen LogP contribution in [-0.4, -0.2) is 17.6 Å². The van der Waals surface area contributed by atoms with Crippen molar-refractivity contribution in [1.29, 1.82) is 0 Å². The Labute approximate surface area is 108 Å². The van der Waals surface area contributed by atoms with Crippen molar-refractivity contribution in [3.8, 4) is 0 Å². The lowest BCUT2D eigenvalue weighted by Crippen LogP contribution is -2.37. The molecule has 1 N–H and O–H groups in total. The monoisotopic (exact) mass is 247 g/mol. The molecule has 0 saturated heterocycles. The van der Waals surface area contributed by atoms with Gasteiger partial charge in [-0.15, -0.1) is 0 Å². The second-order valence-corrected chi connectivity index (χ2v) is 4.97. The molecule has 0 saturated carbocycles. The van der Waals surface area contributed by atoms with Gasteiger partial charge in [-0.25, -0.2) is 0 Å². The Morgan fingerprint density at radius 1 is 1.50 bits per heavy atom. The maximum atomic E-state index is 12.2. The van der Waals surface area contributed by atoms with Gasteiger partial charge in [-0.05, 0) is 25.3 Å². The molecule has 0 fully saturated rings. The number of para-hydroxylation sites is 1. The Kier molecular flexibility index (Phi) is 4.02. The van der Waals surface area contributed by atoms with Crippen molar-refractivity contribution in [2.75, 3.05) is 11.4 Å². The van der Waals surface area contributed by atoms with Gasteiger partial charge in [-0.3, -0.25) is 4.79 Å². The van der Waals surface area contributed by atoms with Gasteiger partial charge in [0, 0.05) is 18.5 Å². The zero-order valence-electron chi connectivity index (χ0n) is 11.1. The smallest absolute Gasteiger partial charge is 0.226 e. The van der Waals surface area contributed by atoms with Crippen LogP contribution < -0.4 is 4.90 Å². The van der Waals surface area contributed by atoms with Crippen molar-refractivity contribution >= 4 is 11.6 Å². The molecule has 1 aliphatic heterocycles. The predicted octanol–water partition coefficient (Wildman–Crippen LogP) is 2.96. The summed E-state index contributed by atoms with van der Waals surface area (Å²) in [4.78, 5) is 14.1. The van der Waals surface area contributed by atoms with E-state index in [0.717, 1.165) is 29.7 Å². The molecule has 1 aromatic carbocycles. The van der Waals surface area contributed by atoms with E-state index in [1.165, 1.54) is 0 Å². The Morgan fingerprint density at radius 2 is 2.28 bits per heavy atom. The van der Waals surface area contributed by atoms with Crippen molar-refractivity contribution in [2.45, 2.75) is 45.6 Å². The SMILES string of the molecule is CCCCC(=O)N1CCC(O)c2cccc(C)c21. The molecule has 1 aliphatic rings. The molecule has 1 amide bonds. The number of amides is 1. The molecule has 0 radical (unpaired) electrons. The number of aliphatic hydroxyl groups excluding tert-OH is 1. The summed E-state index contributed by atoms with van der Waals surface area (Å²) in [5.74, 6) is 0.180. The van der Waals surface area contributed by atoms with Crippen LogP contribution in [0.2, 0.25) is 0 Å². The number of aryl methyl sites for hydroxylation is 1. The standard InChI is InChI=1S/C15H21NO2/c1-3-4-8-14(18)16-10-9-13(17)12-7-5-6-11(2)15(12)16/h5-7,13,17H,3-4,8-10H2,1-2H3.